The first kappa shape index (κ1) is 16.4. The summed E-state index contributed by atoms with van der Waals surface area (Å²) in [6.45, 7) is 0. The molecule has 0 bridgehead atoms. The van der Waals surface area contributed by atoms with Gasteiger partial charge in [-0.15, -0.1) is 0 Å². The summed E-state index contributed by atoms with van der Waals surface area (Å²) in [5.41, 5.74) is 1.38. The maximum absolute atomic E-state index is 12.3. The molecule has 0 aliphatic rings. The van der Waals surface area contributed by atoms with Gasteiger partial charge in [0, 0.05) is 21.5 Å². The molecule has 2 rings (SSSR count). The fourth-order valence-electron chi connectivity index (χ4n) is 1.86. The molecule has 0 fully saturated rings. The zero-order valence-electron chi connectivity index (χ0n) is 12.3. The summed E-state index contributed by atoms with van der Waals surface area (Å²) >= 11 is 2.24. The number of ketones is 1. The summed E-state index contributed by atoms with van der Waals surface area (Å²) in [6.07, 6.45) is 3.08. The Hall–Kier alpha value is -2.02. The molecule has 0 unspecified atom stereocenters. The molecule has 1 N–H and O–H groups in total. The fourth-order valence-corrected chi connectivity index (χ4v) is 2.22. The second-order valence-electron chi connectivity index (χ2n) is 4.42. The minimum atomic E-state index is -0.159. The number of hydrogen-bond donors (Lipinski definition) is 1. The van der Waals surface area contributed by atoms with Gasteiger partial charge in [0.05, 0.1) is 19.8 Å². The van der Waals surface area contributed by atoms with Gasteiger partial charge in [0.2, 0.25) is 0 Å². The summed E-state index contributed by atoms with van der Waals surface area (Å²) in [6, 6.07) is 13.0. The van der Waals surface area contributed by atoms with Gasteiger partial charge in [-0.1, -0.05) is 0 Å². The van der Waals surface area contributed by atoms with Crippen molar-refractivity contribution in [2.24, 2.45) is 0 Å². The molecule has 5 heteroatoms. The number of carbonyl (C=O) groups is 1. The number of ether oxygens (including phenoxy) is 2. The van der Waals surface area contributed by atoms with Gasteiger partial charge < -0.3 is 14.8 Å². The molecule has 22 heavy (non-hydrogen) atoms. The van der Waals surface area contributed by atoms with Gasteiger partial charge in [0.25, 0.3) is 0 Å². The highest BCUT2D eigenvalue weighted by molar-refractivity contribution is 14.1. The molecule has 114 valence electrons. The quantitative estimate of drug-likeness (QED) is 0.443. The summed E-state index contributed by atoms with van der Waals surface area (Å²) in [7, 11) is 3.09. The molecule has 0 heterocycles. The predicted molar refractivity (Wildman–Crippen MR) is 95.8 cm³/mol. The summed E-state index contributed by atoms with van der Waals surface area (Å²) in [5, 5.41) is 3.06. The van der Waals surface area contributed by atoms with E-state index in [1.54, 1.807) is 31.5 Å². The van der Waals surface area contributed by atoms with E-state index >= 15 is 0 Å². The standard InChI is InChI=1S/C17H16INO3/c1-21-14-7-8-17(22-2)15(11-14)16(20)9-10-19-13-5-3-12(18)4-6-13/h3-11,19H,1-2H3. The number of allylic oxidation sites excluding steroid dienone is 1. The van der Waals surface area contributed by atoms with Crippen molar-refractivity contribution in [3.8, 4) is 11.5 Å². The van der Waals surface area contributed by atoms with Crippen LogP contribution in [0.5, 0.6) is 11.5 Å². The molecule has 0 radical (unpaired) electrons. The lowest BCUT2D eigenvalue weighted by molar-refractivity contribution is 0.104. The summed E-state index contributed by atoms with van der Waals surface area (Å²) in [4.78, 5) is 12.3. The van der Waals surface area contributed by atoms with E-state index in [2.05, 4.69) is 27.9 Å². The largest absolute Gasteiger partial charge is 0.497 e. The van der Waals surface area contributed by atoms with Crippen LogP contribution in [0.1, 0.15) is 10.4 Å². The molecule has 0 aliphatic heterocycles. The zero-order valence-corrected chi connectivity index (χ0v) is 14.5. The maximum atomic E-state index is 12.3. The fraction of sp³-hybridized carbons (Fsp3) is 0.118. The number of halogens is 1. The Balaban J connectivity index is 2.11. The second-order valence-corrected chi connectivity index (χ2v) is 5.66. The highest BCUT2D eigenvalue weighted by Crippen LogP contribution is 2.24. The third kappa shape index (κ3) is 4.24. The summed E-state index contributed by atoms with van der Waals surface area (Å²) in [5.74, 6) is 0.974. The van der Waals surface area contributed by atoms with Crippen LogP contribution in [0.4, 0.5) is 5.69 Å². The van der Waals surface area contributed by atoms with Crippen LogP contribution >= 0.6 is 22.6 Å². The molecule has 2 aromatic carbocycles. The van der Waals surface area contributed by atoms with E-state index in [9.17, 15) is 4.79 Å². The lowest BCUT2D eigenvalue weighted by atomic mass is 10.1. The van der Waals surface area contributed by atoms with Gasteiger partial charge in [-0.2, -0.15) is 0 Å². The van der Waals surface area contributed by atoms with E-state index in [4.69, 9.17) is 9.47 Å². The van der Waals surface area contributed by atoms with Crippen LogP contribution in [0.25, 0.3) is 0 Å². The number of nitrogens with one attached hydrogen (secondary N) is 1. The van der Waals surface area contributed by atoms with Gasteiger partial charge in [-0.3, -0.25) is 4.79 Å². The SMILES string of the molecule is COc1ccc(OC)c(C(=O)C=CNc2ccc(I)cc2)c1. The predicted octanol–water partition coefficient (Wildman–Crippen LogP) is 4.12. The van der Waals surface area contributed by atoms with Gasteiger partial charge in [0.15, 0.2) is 5.78 Å². The molecule has 0 saturated carbocycles. The van der Waals surface area contributed by atoms with E-state index in [0.29, 0.717) is 17.1 Å². The van der Waals surface area contributed by atoms with Crippen molar-refractivity contribution in [1.29, 1.82) is 0 Å². The first-order valence-electron chi connectivity index (χ1n) is 6.59. The lowest BCUT2D eigenvalue weighted by Crippen LogP contribution is -2.01. The van der Waals surface area contributed by atoms with Crippen LogP contribution in [0.2, 0.25) is 0 Å². The highest BCUT2D eigenvalue weighted by Gasteiger charge is 2.10. The monoisotopic (exact) mass is 409 g/mol. The number of anilines is 1. The van der Waals surface area contributed by atoms with Gasteiger partial charge >= 0.3 is 0 Å². The van der Waals surface area contributed by atoms with Crippen molar-refractivity contribution in [1.82, 2.24) is 0 Å². The maximum Gasteiger partial charge on any atom is 0.191 e. The van der Waals surface area contributed by atoms with Gasteiger partial charge in [-0.25, -0.2) is 0 Å². The molecule has 0 saturated heterocycles. The van der Waals surface area contributed by atoms with E-state index in [1.165, 1.54) is 13.2 Å². The molecule has 0 atom stereocenters. The smallest absolute Gasteiger partial charge is 0.191 e. The van der Waals surface area contributed by atoms with Crippen molar-refractivity contribution in [3.05, 3.63) is 63.9 Å². The number of methoxy groups -OCH3 is 2. The number of hydrogen-bond acceptors (Lipinski definition) is 4. The average Bonchev–Trinajstić information content (AvgIpc) is 2.56. The van der Waals surface area contributed by atoms with Crippen molar-refractivity contribution >= 4 is 34.1 Å². The topological polar surface area (TPSA) is 47.6 Å². The third-order valence-corrected chi connectivity index (χ3v) is 3.72. The van der Waals surface area contributed by atoms with Crippen LogP contribution in [0.15, 0.2) is 54.7 Å². The number of carbonyl (C=O) groups excluding carboxylic acids is 1. The van der Waals surface area contributed by atoms with Crippen LogP contribution in [0, 0.1) is 3.57 Å². The molecule has 0 aromatic heterocycles. The van der Waals surface area contributed by atoms with Gasteiger partial charge in [-0.05, 0) is 65.1 Å². The highest BCUT2D eigenvalue weighted by atomic mass is 127. The normalized spacial score (nSPS) is 10.5. The van der Waals surface area contributed by atoms with Crippen LogP contribution in [-0.4, -0.2) is 20.0 Å². The van der Waals surface area contributed by atoms with Gasteiger partial charge in [0.1, 0.15) is 11.5 Å². The van der Waals surface area contributed by atoms with Crippen LogP contribution < -0.4 is 14.8 Å². The Labute approximate surface area is 143 Å². The molecule has 0 aliphatic carbocycles. The Morgan fingerprint density at radius 2 is 1.82 bits per heavy atom. The number of rotatable bonds is 6. The van der Waals surface area contributed by atoms with E-state index in [0.717, 1.165) is 9.26 Å². The van der Waals surface area contributed by atoms with E-state index < -0.39 is 0 Å². The Morgan fingerprint density at radius 3 is 2.45 bits per heavy atom. The minimum absolute atomic E-state index is 0.159. The average molecular weight is 409 g/mol. The van der Waals surface area contributed by atoms with Crippen molar-refractivity contribution < 1.29 is 14.3 Å². The molecule has 0 spiro atoms. The molecular formula is C17H16INO3. The molecular weight excluding hydrogens is 393 g/mol. The first-order chi connectivity index (χ1) is 10.6. The minimum Gasteiger partial charge on any atom is -0.497 e. The number of benzene rings is 2. The lowest BCUT2D eigenvalue weighted by Gasteiger charge is -2.08. The van der Waals surface area contributed by atoms with Crippen molar-refractivity contribution in [3.63, 3.8) is 0 Å². The first-order valence-corrected chi connectivity index (χ1v) is 7.67. The van der Waals surface area contributed by atoms with Crippen LogP contribution in [-0.2, 0) is 0 Å². The Kier molecular flexibility index (Phi) is 5.83. The molecule has 2 aromatic rings. The van der Waals surface area contributed by atoms with Crippen molar-refractivity contribution in [2.75, 3.05) is 19.5 Å². The third-order valence-electron chi connectivity index (χ3n) is 3.00. The Bertz CT molecular complexity index is 681. The molecule has 4 nitrogen and oxygen atoms in total. The van der Waals surface area contributed by atoms with Crippen LogP contribution in [0.3, 0.4) is 0 Å². The van der Waals surface area contributed by atoms with E-state index in [1.807, 2.05) is 24.3 Å². The molecule has 0 amide bonds. The zero-order chi connectivity index (χ0) is 15.9. The second kappa shape index (κ2) is 7.84. The van der Waals surface area contributed by atoms with E-state index in [-0.39, 0.29) is 5.78 Å². The Morgan fingerprint density at radius 1 is 1.09 bits per heavy atom. The summed E-state index contributed by atoms with van der Waals surface area (Å²) < 4.78 is 11.5. The van der Waals surface area contributed by atoms with Crippen molar-refractivity contribution in [2.45, 2.75) is 0 Å².